The molecule has 1 aliphatic rings. The van der Waals surface area contributed by atoms with E-state index in [1.165, 1.54) is 10.8 Å². The topological polar surface area (TPSA) is 24.7 Å². The Morgan fingerprint density at radius 3 is 1.31 bits per heavy atom. The molecule has 0 fully saturated rings. The van der Waals surface area contributed by atoms with Gasteiger partial charge in [0.1, 0.15) is 0 Å². The van der Waals surface area contributed by atoms with Gasteiger partial charge in [-0.05, 0) is 118 Å². The Hall–Kier alpha value is -1.60. The zero-order valence-corrected chi connectivity index (χ0v) is 23.5. The molecule has 4 aromatic carbocycles. The lowest BCUT2D eigenvalue weighted by Crippen LogP contribution is -2.10. The highest BCUT2D eigenvalue weighted by atomic mass is 79.9. The van der Waals surface area contributed by atoms with Crippen molar-refractivity contribution >= 4 is 97.3 Å². The van der Waals surface area contributed by atoms with Crippen LogP contribution in [0.25, 0.3) is 10.8 Å². The third-order valence-corrected chi connectivity index (χ3v) is 7.83. The van der Waals surface area contributed by atoms with Crippen molar-refractivity contribution in [1.82, 2.24) is 0 Å². The number of benzene rings is 4. The van der Waals surface area contributed by atoms with Crippen molar-refractivity contribution in [1.29, 1.82) is 0 Å². The Kier molecular flexibility index (Phi) is 5.99. The van der Waals surface area contributed by atoms with Crippen molar-refractivity contribution in [2.24, 2.45) is 9.98 Å². The van der Waals surface area contributed by atoms with Gasteiger partial charge in [0.2, 0.25) is 0 Å². The van der Waals surface area contributed by atoms with Crippen molar-refractivity contribution in [3.05, 3.63) is 101 Å². The van der Waals surface area contributed by atoms with E-state index in [4.69, 9.17) is 9.98 Å². The summed E-state index contributed by atoms with van der Waals surface area (Å²) in [5, 5.41) is 2.37. The fraction of sp³-hybridized carbons (Fsp3) is 0.0769. The molecule has 4 aromatic rings. The normalized spacial score (nSPS) is 15.3. The summed E-state index contributed by atoms with van der Waals surface area (Å²) in [6.07, 6.45) is 0. The summed E-state index contributed by atoms with van der Waals surface area (Å²) in [6, 6.07) is 21.0. The molecule has 32 heavy (non-hydrogen) atoms. The molecule has 0 aromatic heterocycles. The lowest BCUT2D eigenvalue weighted by molar-refractivity contribution is 1.38. The molecular formula is C26H16Br4N2. The van der Waals surface area contributed by atoms with Crippen molar-refractivity contribution in [2.75, 3.05) is 0 Å². The molecule has 0 radical (unpaired) electrons. The number of rotatable bonds is 2. The molecule has 0 spiro atoms. The summed E-state index contributed by atoms with van der Waals surface area (Å²) in [6.45, 7) is 4.13. The highest BCUT2D eigenvalue weighted by Crippen LogP contribution is 2.41. The molecule has 0 saturated carbocycles. The van der Waals surface area contributed by atoms with Gasteiger partial charge in [-0.25, -0.2) is 9.98 Å². The molecule has 0 unspecified atom stereocenters. The number of hydrogen-bond acceptors (Lipinski definition) is 2. The minimum atomic E-state index is 0.852. The smallest absolute Gasteiger partial charge is 0.0979 e. The van der Waals surface area contributed by atoms with Crippen LogP contribution in [0.4, 0.5) is 11.4 Å². The predicted octanol–water partition coefficient (Wildman–Crippen LogP) is 9.76. The van der Waals surface area contributed by atoms with Crippen LogP contribution in [0.3, 0.4) is 0 Å². The van der Waals surface area contributed by atoms with Crippen LogP contribution < -0.4 is 0 Å². The molecule has 0 heterocycles. The standard InChI is InChI=1S/C26H16Br4N2/c1-13-9-18(27)25(19(28)10-13)31-23-16-7-3-5-15-6-4-8-17(22(15)16)24(23)32-26-20(29)11-14(2)12-21(26)30/h3-12H,1-2H3. The summed E-state index contributed by atoms with van der Waals surface area (Å²) < 4.78 is 3.77. The van der Waals surface area contributed by atoms with Crippen LogP contribution in [0.5, 0.6) is 0 Å². The number of hydrogen-bond donors (Lipinski definition) is 0. The molecular weight excluding hydrogens is 660 g/mol. The first kappa shape index (κ1) is 22.2. The number of nitrogens with zero attached hydrogens (tertiary/aromatic N) is 2. The summed E-state index contributed by atoms with van der Waals surface area (Å²) >= 11 is 14.8. The SMILES string of the molecule is Cc1cc(Br)c(N=C2C(=Nc3c(Br)cc(C)cc3Br)c3cccc4cccc2c34)c(Br)c1. The van der Waals surface area contributed by atoms with Gasteiger partial charge in [0, 0.05) is 34.4 Å². The zero-order valence-electron chi connectivity index (χ0n) is 17.2. The van der Waals surface area contributed by atoms with Crippen molar-refractivity contribution < 1.29 is 0 Å². The average Bonchev–Trinajstić information content (AvgIpc) is 3.02. The molecule has 2 nitrogen and oxygen atoms in total. The summed E-state index contributed by atoms with van der Waals surface area (Å²) in [4.78, 5) is 10.3. The van der Waals surface area contributed by atoms with Crippen LogP contribution in [0.2, 0.25) is 0 Å². The van der Waals surface area contributed by atoms with Gasteiger partial charge in [-0.2, -0.15) is 0 Å². The van der Waals surface area contributed by atoms with E-state index in [-0.39, 0.29) is 0 Å². The third-order valence-electron chi connectivity index (χ3n) is 5.41. The first-order valence-corrected chi connectivity index (χ1v) is 13.1. The molecule has 0 N–H and O–H groups in total. The number of halogens is 4. The third kappa shape index (κ3) is 3.85. The molecule has 0 atom stereocenters. The Morgan fingerprint density at radius 1 is 0.562 bits per heavy atom. The molecule has 158 valence electrons. The molecule has 0 amide bonds. The van der Waals surface area contributed by atoms with Crippen LogP contribution in [-0.4, -0.2) is 11.4 Å². The number of aryl methyl sites for hydroxylation is 2. The second-order valence-electron chi connectivity index (χ2n) is 7.78. The summed E-state index contributed by atoms with van der Waals surface area (Å²) in [5.74, 6) is 0. The van der Waals surface area contributed by atoms with Gasteiger partial charge >= 0.3 is 0 Å². The Morgan fingerprint density at radius 2 is 0.938 bits per heavy atom. The van der Waals surface area contributed by atoms with Crippen LogP contribution >= 0.6 is 63.7 Å². The lowest BCUT2D eigenvalue weighted by atomic mass is 10.1. The van der Waals surface area contributed by atoms with E-state index in [1.807, 2.05) is 0 Å². The fourth-order valence-corrected chi connectivity index (χ4v) is 7.22. The average molecular weight is 676 g/mol. The van der Waals surface area contributed by atoms with Gasteiger partial charge in [-0.15, -0.1) is 0 Å². The molecule has 1 aliphatic carbocycles. The van der Waals surface area contributed by atoms with Crippen LogP contribution in [0, 0.1) is 13.8 Å². The van der Waals surface area contributed by atoms with E-state index in [0.29, 0.717) is 0 Å². The molecule has 0 aliphatic heterocycles. The van der Waals surface area contributed by atoms with Crippen LogP contribution in [-0.2, 0) is 0 Å². The maximum Gasteiger partial charge on any atom is 0.0979 e. The predicted molar refractivity (Wildman–Crippen MR) is 149 cm³/mol. The van der Waals surface area contributed by atoms with E-state index in [1.54, 1.807) is 0 Å². The quantitative estimate of drug-likeness (QED) is 0.202. The van der Waals surface area contributed by atoms with E-state index in [9.17, 15) is 0 Å². The first-order valence-electron chi connectivity index (χ1n) is 9.95. The molecule has 0 saturated heterocycles. The van der Waals surface area contributed by atoms with Crippen molar-refractivity contribution in [3.63, 3.8) is 0 Å². The van der Waals surface area contributed by atoms with Crippen LogP contribution in [0.15, 0.2) is 88.5 Å². The van der Waals surface area contributed by atoms with Crippen LogP contribution in [0.1, 0.15) is 22.3 Å². The Bertz CT molecular complexity index is 1330. The first-order chi connectivity index (χ1) is 15.3. The van der Waals surface area contributed by atoms with E-state index in [0.717, 1.165) is 62.9 Å². The Balaban J connectivity index is 1.84. The Labute approximate surface area is 220 Å². The summed E-state index contributed by atoms with van der Waals surface area (Å²) in [5.41, 5.74) is 7.93. The van der Waals surface area contributed by atoms with Gasteiger partial charge in [-0.3, -0.25) is 0 Å². The maximum absolute atomic E-state index is 5.15. The van der Waals surface area contributed by atoms with Crippen molar-refractivity contribution in [2.45, 2.75) is 13.8 Å². The highest BCUT2D eigenvalue weighted by Gasteiger charge is 2.28. The summed E-state index contributed by atoms with van der Waals surface area (Å²) in [7, 11) is 0. The van der Waals surface area contributed by atoms with Gasteiger partial charge in [0.05, 0.1) is 22.8 Å². The second kappa shape index (κ2) is 8.64. The van der Waals surface area contributed by atoms with Gasteiger partial charge in [0.25, 0.3) is 0 Å². The van der Waals surface area contributed by atoms with Gasteiger partial charge in [0.15, 0.2) is 0 Å². The van der Waals surface area contributed by atoms with Gasteiger partial charge < -0.3 is 0 Å². The van der Waals surface area contributed by atoms with E-state index < -0.39 is 0 Å². The number of aliphatic imine (C=N–C) groups is 2. The maximum atomic E-state index is 5.15. The molecule has 5 rings (SSSR count). The molecule has 0 bridgehead atoms. The largest absolute Gasteiger partial charge is 0.244 e. The van der Waals surface area contributed by atoms with E-state index >= 15 is 0 Å². The minimum absolute atomic E-state index is 0.852. The van der Waals surface area contributed by atoms with E-state index in [2.05, 4.69) is 138 Å². The van der Waals surface area contributed by atoms with Gasteiger partial charge in [-0.1, -0.05) is 36.4 Å². The highest BCUT2D eigenvalue weighted by molar-refractivity contribution is 9.11. The lowest BCUT2D eigenvalue weighted by Gasteiger charge is -2.09. The fourth-order valence-electron chi connectivity index (χ4n) is 4.04. The molecule has 6 heteroatoms. The monoisotopic (exact) mass is 672 g/mol. The van der Waals surface area contributed by atoms with Crippen molar-refractivity contribution in [3.8, 4) is 0 Å². The second-order valence-corrected chi connectivity index (χ2v) is 11.2. The zero-order chi connectivity index (χ0) is 22.6. The minimum Gasteiger partial charge on any atom is -0.244 e.